The van der Waals surface area contributed by atoms with Gasteiger partial charge in [0.05, 0.1) is 17.0 Å². The van der Waals surface area contributed by atoms with Gasteiger partial charge in [-0.1, -0.05) is 18.2 Å². The highest BCUT2D eigenvalue weighted by atomic mass is 32.2. The number of hydrogen-bond acceptors (Lipinski definition) is 8. The number of primary amides is 1. The summed E-state index contributed by atoms with van der Waals surface area (Å²) in [6.07, 6.45) is 1.05. The molecule has 0 spiro atoms. The van der Waals surface area contributed by atoms with Crippen LogP contribution in [0.25, 0.3) is 0 Å². The van der Waals surface area contributed by atoms with Crippen molar-refractivity contribution in [3.8, 4) is 5.75 Å². The van der Waals surface area contributed by atoms with Crippen molar-refractivity contribution in [2.75, 3.05) is 27.0 Å². The van der Waals surface area contributed by atoms with Crippen molar-refractivity contribution in [2.45, 2.75) is 4.90 Å². The Labute approximate surface area is 207 Å². The van der Waals surface area contributed by atoms with Crippen LogP contribution < -0.4 is 15.8 Å². The standard InChI is InChI=1S/C24H24N4O7S/c1-34-16-28(24(31)18-9-12-21(22(25)29)27-15-18)36(32,33)20-10-7-17(8-11-20)23(30)26-13-14-35-19-5-3-2-4-6-19/h2-12,15H,13-14,16H2,1H3,(H2,25,29)(H,26,30). The van der Waals surface area contributed by atoms with Gasteiger partial charge in [0, 0.05) is 18.9 Å². The first kappa shape index (κ1) is 26.3. The van der Waals surface area contributed by atoms with Crippen LogP contribution in [-0.2, 0) is 14.8 Å². The number of aromatic nitrogens is 1. The van der Waals surface area contributed by atoms with Crippen LogP contribution in [0.15, 0.2) is 77.8 Å². The molecular weight excluding hydrogens is 488 g/mol. The van der Waals surface area contributed by atoms with Crippen LogP contribution in [0.4, 0.5) is 0 Å². The van der Waals surface area contributed by atoms with Gasteiger partial charge >= 0.3 is 0 Å². The minimum Gasteiger partial charge on any atom is -0.492 e. The van der Waals surface area contributed by atoms with Crippen LogP contribution in [0.3, 0.4) is 0 Å². The largest absolute Gasteiger partial charge is 0.492 e. The quantitative estimate of drug-likeness (QED) is 0.288. The predicted octanol–water partition coefficient (Wildman–Crippen LogP) is 1.42. The number of pyridine rings is 1. The van der Waals surface area contributed by atoms with E-state index in [1.165, 1.54) is 43.5 Å². The molecule has 0 radical (unpaired) electrons. The highest BCUT2D eigenvalue weighted by Gasteiger charge is 2.30. The molecule has 0 aliphatic heterocycles. The number of benzene rings is 2. The van der Waals surface area contributed by atoms with E-state index in [1.54, 1.807) is 12.1 Å². The summed E-state index contributed by atoms with van der Waals surface area (Å²) in [7, 11) is -3.11. The van der Waals surface area contributed by atoms with Crippen LogP contribution >= 0.6 is 0 Å². The molecular formula is C24H24N4O7S. The summed E-state index contributed by atoms with van der Waals surface area (Å²) < 4.78 is 37.3. The van der Waals surface area contributed by atoms with E-state index >= 15 is 0 Å². The number of nitrogens with zero attached hydrogens (tertiary/aromatic N) is 2. The molecule has 0 aliphatic rings. The van der Waals surface area contributed by atoms with Gasteiger partial charge in [-0.05, 0) is 48.5 Å². The van der Waals surface area contributed by atoms with Crippen molar-refractivity contribution >= 4 is 27.7 Å². The van der Waals surface area contributed by atoms with Gasteiger partial charge in [0.2, 0.25) is 0 Å². The van der Waals surface area contributed by atoms with Crippen LogP contribution in [0.1, 0.15) is 31.2 Å². The number of carbonyl (C=O) groups excluding carboxylic acids is 3. The zero-order chi connectivity index (χ0) is 26.1. The van der Waals surface area contributed by atoms with E-state index in [-0.39, 0.29) is 34.9 Å². The molecule has 0 saturated carbocycles. The maximum Gasteiger partial charge on any atom is 0.271 e. The van der Waals surface area contributed by atoms with Gasteiger partial charge in [-0.15, -0.1) is 0 Å². The summed E-state index contributed by atoms with van der Waals surface area (Å²) in [5.74, 6) is -1.44. The third-order valence-corrected chi connectivity index (χ3v) is 6.56. The first-order valence-corrected chi connectivity index (χ1v) is 12.1. The molecule has 0 bridgehead atoms. The van der Waals surface area contributed by atoms with Crippen LogP contribution in [-0.4, -0.2) is 62.4 Å². The SMILES string of the molecule is COCN(C(=O)c1ccc(C(N)=O)nc1)S(=O)(=O)c1ccc(C(=O)NCCOc2ccccc2)cc1. The molecule has 0 unspecified atom stereocenters. The lowest BCUT2D eigenvalue weighted by molar-refractivity contribution is 0.0663. The Morgan fingerprint density at radius 3 is 2.22 bits per heavy atom. The minimum absolute atomic E-state index is 0.0757. The van der Waals surface area contributed by atoms with Gasteiger partial charge in [-0.25, -0.2) is 12.7 Å². The van der Waals surface area contributed by atoms with Crippen molar-refractivity contribution in [2.24, 2.45) is 5.73 Å². The molecule has 3 N–H and O–H groups in total. The fourth-order valence-electron chi connectivity index (χ4n) is 3.02. The Kier molecular flexibility index (Phi) is 8.71. The minimum atomic E-state index is -4.34. The second-order valence-corrected chi connectivity index (χ2v) is 9.18. The van der Waals surface area contributed by atoms with Crippen LogP contribution in [0.2, 0.25) is 0 Å². The van der Waals surface area contributed by atoms with Gasteiger partial charge in [0.1, 0.15) is 24.8 Å². The smallest absolute Gasteiger partial charge is 0.271 e. The Balaban J connectivity index is 1.68. The van der Waals surface area contributed by atoms with Gasteiger partial charge in [-0.2, -0.15) is 0 Å². The van der Waals surface area contributed by atoms with Crippen molar-refractivity contribution < 1.29 is 32.3 Å². The van der Waals surface area contributed by atoms with Gasteiger partial charge in [-0.3, -0.25) is 19.4 Å². The van der Waals surface area contributed by atoms with E-state index in [2.05, 4.69) is 10.3 Å². The van der Waals surface area contributed by atoms with Crippen molar-refractivity contribution in [1.29, 1.82) is 0 Å². The molecule has 1 heterocycles. The molecule has 0 atom stereocenters. The molecule has 188 valence electrons. The maximum absolute atomic E-state index is 13.2. The first-order valence-electron chi connectivity index (χ1n) is 10.6. The lowest BCUT2D eigenvalue weighted by Crippen LogP contribution is -2.38. The van der Waals surface area contributed by atoms with Crippen LogP contribution in [0.5, 0.6) is 5.75 Å². The second kappa shape index (κ2) is 11.9. The first-order chi connectivity index (χ1) is 17.2. The molecule has 3 amide bonds. The normalized spacial score (nSPS) is 10.9. The summed E-state index contributed by atoms with van der Waals surface area (Å²) in [4.78, 5) is 40.0. The number of sulfonamides is 1. The number of carbonyl (C=O) groups is 3. The average molecular weight is 513 g/mol. The van der Waals surface area contributed by atoms with Gasteiger partial charge in [0.15, 0.2) is 0 Å². The number of ether oxygens (including phenoxy) is 2. The monoisotopic (exact) mass is 512 g/mol. The Bertz CT molecular complexity index is 1310. The second-order valence-electron chi connectivity index (χ2n) is 7.31. The third kappa shape index (κ3) is 6.43. The molecule has 2 aromatic carbocycles. The summed E-state index contributed by atoms with van der Waals surface area (Å²) >= 11 is 0. The molecule has 0 fully saturated rings. The lowest BCUT2D eigenvalue weighted by Gasteiger charge is -2.21. The molecule has 36 heavy (non-hydrogen) atoms. The van der Waals surface area contributed by atoms with Crippen LogP contribution in [0, 0.1) is 0 Å². The zero-order valence-electron chi connectivity index (χ0n) is 19.3. The molecule has 1 aromatic heterocycles. The summed E-state index contributed by atoms with van der Waals surface area (Å²) in [5, 5.41) is 2.68. The molecule has 3 rings (SSSR count). The molecule has 11 nitrogen and oxygen atoms in total. The number of para-hydroxylation sites is 1. The summed E-state index contributed by atoms with van der Waals surface area (Å²) in [6.45, 7) is -0.0690. The van der Waals surface area contributed by atoms with E-state index in [0.29, 0.717) is 10.1 Å². The van der Waals surface area contributed by atoms with Gasteiger partial charge < -0.3 is 20.5 Å². The van der Waals surface area contributed by atoms with Crippen molar-refractivity contribution in [3.63, 3.8) is 0 Å². The van der Waals surface area contributed by atoms with Crippen molar-refractivity contribution in [3.05, 3.63) is 89.7 Å². The third-order valence-electron chi connectivity index (χ3n) is 4.84. The van der Waals surface area contributed by atoms with Gasteiger partial charge in [0.25, 0.3) is 27.7 Å². The summed E-state index contributed by atoms with van der Waals surface area (Å²) in [6, 6.07) is 16.7. The maximum atomic E-state index is 13.2. The fourth-order valence-corrected chi connectivity index (χ4v) is 4.32. The number of methoxy groups -OCH3 is 1. The topological polar surface area (TPSA) is 158 Å². The Morgan fingerprint density at radius 1 is 0.972 bits per heavy atom. The van der Waals surface area contributed by atoms with E-state index in [1.807, 2.05) is 18.2 Å². The number of hydrogen-bond donors (Lipinski definition) is 2. The number of amides is 3. The Hall–Kier alpha value is -4.29. The van der Waals surface area contributed by atoms with E-state index < -0.39 is 34.5 Å². The molecule has 0 aliphatic carbocycles. The molecule has 3 aromatic rings. The molecule has 0 saturated heterocycles. The highest BCUT2D eigenvalue weighted by molar-refractivity contribution is 7.89. The number of rotatable bonds is 11. The fraction of sp³-hybridized carbons (Fsp3) is 0.167. The lowest BCUT2D eigenvalue weighted by atomic mass is 10.2. The Morgan fingerprint density at radius 2 is 1.64 bits per heavy atom. The van der Waals surface area contributed by atoms with E-state index in [0.717, 1.165) is 6.20 Å². The average Bonchev–Trinajstić information content (AvgIpc) is 2.90. The zero-order valence-corrected chi connectivity index (χ0v) is 20.1. The molecule has 12 heteroatoms. The van der Waals surface area contributed by atoms with E-state index in [4.69, 9.17) is 15.2 Å². The highest BCUT2D eigenvalue weighted by Crippen LogP contribution is 2.19. The predicted molar refractivity (Wildman–Crippen MR) is 129 cm³/mol. The summed E-state index contributed by atoms with van der Waals surface area (Å²) in [5.41, 5.74) is 5.20. The van der Waals surface area contributed by atoms with E-state index in [9.17, 15) is 22.8 Å². The number of nitrogens with two attached hydrogens (primary N) is 1. The number of nitrogens with one attached hydrogen (secondary N) is 1. The van der Waals surface area contributed by atoms with Crippen molar-refractivity contribution in [1.82, 2.24) is 14.6 Å².